The quantitative estimate of drug-likeness (QED) is 0.543. The van der Waals surface area contributed by atoms with Gasteiger partial charge in [0.15, 0.2) is 0 Å². The van der Waals surface area contributed by atoms with Crippen LogP contribution < -0.4 is 5.73 Å². The highest BCUT2D eigenvalue weighted by atomic mass is 28.4. The molecule has 0 atom stereocenters. The van der Waals surface area contributed by atoms with Crippen LogP contribution in [0.2, 0.25) is 0 Å². The van der Waals surface area contributed by atoms with E-state index in [1.807, 2.05) is 0 Å². The van der Waals surface area contributed by atoms with Gasteiger partial charge in [-0.25, -0.2) is 0 Å². The SMILES string of the molecule is CO[Si](CN)(OC)OC. The van der Waals surface area contributed by atoms with E-state index in [9.17, 15) is 0 Å². The second kappa shape index (κ2) is 3.97. The van der Waals surface area contributed by atoms with Crippen LogP contribution in [-0.2, 0) is 13.3 Å². The third-order valence-electron chi connectivity index (χ3n) is 1.18. The molecule has 9 heavy (non-hydrogen) atoms. The highest BCUT2D eigenvalue weighted by molar-refractivity contribution is 6.60. The van der Waals surface area contributed by atoms with E-state index >= 15 is 0 Å². The Morgan fingerprint density at radius 2 is 1.44 bits per heavy atom. The van der Waals surface area contributed by atoms with Gasteiger partial charge in [0.25, 0.3) is 0 Å². The van der Waals surface area contributed by atoms with Crippen molar-refractivity contribution in [3.8, 4) is 0 Å². The number of hydrogen-bond donors (Lipinski definition) is 1. The van der Waals surface area contributed by atoms with Crippen molar-refractivity contribution in [1.29, 1.82) is 0 Å². The molecule has 0 unspecified atom stereocenters. The highest BCUT2D eigenvalue weighted by Gasteiger charge is 2.35. The van der Waals surface area contributed by atoms with Gasteiger partial charge in [-0.1, -0.05) is 0 Å². The predicted molar refractivity (Wildman–Crippen MR) is 35.8 cm³/mol. The Balaban J connectivity index is 3.82. The van der Waals surface area contributed by atoms with E-state index in [-0.39, 0.29) is 0 Å². The van der Waals surface area contributed by atoms with Crippen LogP contribution in [0.3, 0.4) is 0 Å². The maximum Gasteiger partial charge on any atom is 0.514 e. The van der Waals surface area contributed by atoms with Gasteiger partial charge in [-0.3, -0.25) is 0 Å². The average molecular weight is 151 g/mol. The number of nitrogens with two attached hydrogens (primary N) is 1. The molecule has 0 aliphatic carbocycles. The van der Waals surface area contributed by atoms with Crippen molar-refractivity contribution < 1.29 is 13.3 Å². The molecule has 2 N–H and O–H groups in total. The van der Waals surface area contributed by atoms with Gasteiger partial charge in [0, 0.05) is 21.3 Å². The maximum atomic E-state index is 5.33. The Bertz CT molecular complexity index is 58.7. The molecular weight excluding hydrogens is 138 g/mol. The summed E-state index contributed by atoms with van der Waals surface area (Å²) in [5.74, 6) is 0. The first-order valence-electron chi connectivity index (χ1n) is 2.60. The fourth-order valence-corrected chi connectivity index (χ4v) is 1.50. The van der Waals surface area contributed by atoms with E-state index in [2.05, 4.69) is 0 Å². The summed E-state index contributed by atoms with van der Waals surface area (Å²) in [6.45, 7) is 0. The minimum Gasteiger partial charge on any atom is -0.376 e. The van der Waals surface area contributed by atoms with Gasteiger partial charge in [0.05, 0.1) is 6.17 Å². The lowest BCUT2D eigenvalue weighted by Gasteiger charge is -2.21. The van der Waals surface area contributed by atoms with Crippen LogP contribution in [0.1, 0.15) is 0 Å². The third kappa shape index (κ3) is 2.03. The Hall–Kier alpha value is 0.0569. The Morgan fingerprint density at radius 1 is 1.11 bits per heavy atom. The van der Waals surface area contributed by atoms with Gasteiger partial charge >= 0.3 is 8.80 Å². The zero-order valence-electron chi connectivity index (χ0n) is 6.01. The summed E-state index contributed by atoms with van der Waals surface area (Å²) in [7, 11) is 2.19. The van der Waals surface area contributed by atoms with E-state index < -0.39 is 8.80 Å². The van der Waals surface area contributed by atoms with Gasteiger partial charge in [-0.15, -0.1) is 0 Å². The first-order valence-corrected chi connectivity index (χ1v) is 4.53. The van der Waals surface area contributed by atoms with Gasteiger partial charge in [0.2, 0.25) is 0 Å². The average Bonchev–Trinajstić information content (AvgIpc) is 1.95. The molecular formula is C4H13NO3Si. The lowest BCUT2D eigenvalue weighted by molar-refractivity contribution is 0.125. The standard InChI is InChI=1S/C4H13NO3Si/c1-6-9(4-5,7-2)8-3/h4-5H2,1-3H3. The van der Waals surface area contributed by atoms with Gasteiger partial charge in [-0.2, -0.15) is 0 Å². The van der Waals surface area contributed by atoms with Crippen molar-refractivity contribution in [2.24, 2.45) is 5.73 Å². The lowest BCUT2D eigenvalue weighted by Crippen LogP contribution is -2.50. The molecule has 0 aromatic rings. The molecule has 0 aliphatic heterocycles. The summed E-state index contributed by atoms with van der Waals surface area (Å²) in [5.41, 5.74) is 5.33. The Morgan fingerprint density at radius 3 is 1.44 bits per heavy atom. The molecule has 0 saturated heterocycles. The van der Waals surface area contributed by atoms with Crippen LogP contribution in [0.15, 0.2) is 0 Å². The molecule has 0 spiro atoms. The molecule has 0 radical (unpaired) electrons. The summed E-state index contributed by atoms with van der Waals surface area (Å²) < 4.78 is 14.9. The normalized spacial score (nSPS) is 12.0. The van der Waals surface area contributed by atoms with Crippen LogP contribution in [0, 0.1) is 0 Å². The molecule has 56 valence electrons. The Kier molecular flexibility index (Phi) is 3.99. The molecule has 0 amide bonds. The van der Waals surface area contributed by atoms with Gasteiger partial charge in [-0.05, 0) is 0 Å². The van der Waals surface area contributed by atoms with Crippen molar-refractivity contribution in [3.05, 3.63) is 0 Å². The molecule has 0 fully saturated rings. The minimum atomic E-state index is -2.41. The second-order valence-corrected chi connectivity index (χ2v) is 4.50. The minimum absolute atomic E-state index is 0.316. The van der Waals surface area contributed by atoms with Gasteiger partial charge in [0.1, 0.15) is 0 Å². The third-order valence-corrected chi connectivity index (χ3v) is 3.55. The molecule has 0 aromatic carbocycles. The number of hydrogen-bond acceptors (Lipinski definition) is 4. The summed E-state index contributed by atoms with van der Waals surface area (Å²) >= 11 is 0. The number of rotatable bonds is 4. The Labute approximate surface area is 56.3 Å². The summed E-state index contributed by atoms with van der Waals surface area (Å²) in [6.07, 6.45) is 0.316. The molecule has 0 aromatic heterocycles. The molecule has 0 bridgehead atoms. The zero-order valence-corrected chi connectivity index (χ0v) is 7.01. The van der Waals surface area contributed by atoms with E-state index in [1.165, 1.54) is 21.3 Å². The molecule has 4 nitrogen and oxygen atoms in total. The van der Waals surface area contributed by atoms with Crippen LogP contribution in [0.25, 0.3) is 0 Å². The topological polar surface area (TPSA) is 53.7 Å². The second-order valence-electron chi connectivity index (χ2n) is 1.50. The molecule has 0 aliphatic rings. The summed E-state index contributed by atoms with van der Waals surface area (Å²) in [4.78, 5) is 0. The maximum absolute atomic E-state index is 5.33. The fraction of sp³-hybridized carbons (Fsp3) is 1.00. The van der Waals surface area contributed by atoms with Crippen molar-refractivity contribution in [2.75, 3.05) is 27.5 Å². The summed E-state index contributed by atoms with van der Waals surface area (Å²) in [5, 5.41) is 0. The van der Waals surface area contributed by atoms with Crippen molar-refractivity contribution in [2.45, 2.75) is 0 Å². The molecule has 0 saturated carbocycles. The van der Waals surface area contributed by atoms with Crippen molar-refractivity contribution in [3.63, 3.8) is 0 Å². The van der Waals surface area contributed by atoms with Crippen LogP contribution in [-0.4, -0.2) is 36.3 Å². The first kappa shape index (κ1) is 9.06. The predicted octanol–water partition coefficient (Wildman–Crippen LogP) is -0.638. The van der Waals surface area contributed by atoms with Crippen LogP contribution >= 0.6 is 0 Å². The largest absolute Gasteiger partial charge is 0.514 e. The van der Waals surface area contributed by atoms with Crippen LogP contribution in [0.5, 0.6) is 0 Å². The van der Waals surface area contributed by atoms with Crippen molar-refractivity contribution in [1.82, 2.24) is 0 Å². The molecule has 0 rings (SSSR count). The monoisotopic (exact) mass is 151 g/mol. The fourth-order valence-electron chi connectivity index (χ4n) is 0.500. The molecule has 0 heterocycles. The van der Waals surface area contributed by atoms with Crippen molar-refractivity contribution >= 4 is 8.80 Å². The highest BCUT2D eigenvalue weighted by Crippen LogP contribution is 2.01. The van der Waals surface area contributed by atoms with E-state index in [0.29, 0.717) is 6.17 Å². The van der Waals surface area contributed by atoms with Gasteiger partial charge < -0.3 is 19.0 Å². The first-order chi connectivity index (χ1) is 4.24. The zero-order chi connectivity index (χ0) is 7.33. The van der Waals surface area contributed by atoms with E-state index in [0.717, 1.165) is 0 Å². The van der Waals surface area contributed by atoms with E-state index in [1.54, 1.807) is 0 Å². The van der Waals surface area contributed by atoms with Crippen LogP contribution in [0.4, 0.5) is 0 Å². The summed E-state index contributed by atoms with van der Waals surface area (Å²) in [6, 6.07) is 0. The lowest BCUT2D eigenvalue weighted by atomic mass is 11.5. The molecule has 5 heteroatoms. The smallest absolute Gasteiger partial charge is 0.376 e. The van der Waals surface area contributed by atoms with E-state index in [4.69, 9.17) is 19.0 Å².